The maximum absolute atomic E-state index is 13.1. The lowest BCUT2D eigenvalue weighted by Crippen LogP contribution is -2.50. The van der Waals surface area contributed by atoms with Gasteiger partial charge in [-0.2, -0.15) is 18.2 Å². The Labute approximate surface area is 194 Å². The monoisotopic (exact) mass is 488 g/mol. The van der Waals surface area contributed by atoms with E-state index in [1.807, 2.05) is 5.38 Å². The summed E-state index contributed by atoms with van der Waals surface area (Å²) in [5.74, 6) is -1.93. The summed E-state index contributed by atoms with van der Waals surface area (Å²) < 4.78 is 55.5. The van der Waals surface area contributed by atoms with Crippen LogP contribution in [0.25, 0.3) is 22.6 Å². The summed E-state index contributed by atoms with van der Waals surface area (Å²) in [6.07, 6.45) is -4.01. The lowest BCUT2D eigenvalue weighted by Gasteiger charge is -2.39. The number of likely N-dealkylation sites (tertiary alicyclic amines) is 1. The molecule has 34 heavy (non-hydrogen) atoms. The molecule has 0 atom stereocenters. The number of hydrogen-bond acceptors (Lipinski definition) is 6. The number of aromatic nitrogens is 3. The third-order valence-electron chi connectivity index (χ3n) is 5.44. The Kier molecular flexibility index (Phi) is 5.64. The van der Waals surface area contributed by atoms with Crippen LogP contribution in [0.1, 0.15) is 21.3 Å². The van der Waals surface area contributed by atoms with E-state index in [1.54, 1.807) is 29.2 Å². The van der Waals surface area contributed by atoms with Gasteiger partial charge in [-0.05, 0) is 36.4 Å². The fourth-order valence-corrected chi connectivity index (χ4v) is 4.62. The largest absolute Gasteiger partial charge is 0.471 e. The van der Waals surface area contributed by atoms with Crippen molar-refractivity contribution in [1.82, 2.24) is 20.0 Å². The highest BCUT2D eigenvalue weighted by Crippen LogP contribution is 2.30. The Bertz CT molecular complexity index is 1330. The van der Waals surface area contributed by atoms with Crippen LogP contribution in [0, 0.1) is 11.7 Å². The number of rotatable bonds is 5. The van der Waals surface area contributed by atoms with Gasteiger partial charge in [0.25, 0.3) is 5.91 Å². The Morgan fingerprint density at radius 1 is 1.09 bits per heavy atom. The fraction of sp³-hybridized carbons (Fsp3) is 0.217. The first-order chi connectivity index (χ1) is 16.3. The van der Waals surface area contributed by atoms with E-state index < -0.39 is 12.1 Å². The van der Waals surface area contributed by atoms with Crippen molar-refractivity contribution in [2.75, 3.05) is 13.1 Å². The molecule has 0 N–H and O–H groups in total. The predicted molar refractivity (Wildman–Crippen MR) is 115 cm³/mol. The molecule has 0 radical (unpaired) electrons. The molecule has 174 valence electrons. The average molecular weight is 488 g/mol. The van der Waals surface area contributed by atoms with E-state index in [1.165, 1.54) is 35.6 Å². The second kappa shape index (κ2) is 8.64. The van der Waals surface area contributed by atoms with Crippen LogP contribution in [0.2, 0.25) is 0 Å². The quantitative estimate of drug-likeness (QED) is 0.355. The number of hydrogen-bond donors (Lipinski definition) is 0. The lowest BCUT2D eigenvalue weighted by atomic mass is 9.95. The molecule has 0 saturated carbocycles. The molecule has 2 aromatic carbocycles. The molecule has 2 aromatic heterocycles. The van der Waals surface area contributed by atoms with Crippen molar-refractivity contribution in [3.63, 3.8) is 0 Å². The Hall–Kier alpha value is -3.60. The summed E-state index contributed by atoms with van der Waals surface area (Å²) >= 11 is 1.52. The molecule has 3 heterocycles. The van der Waals surface area contributed by atoms with E-state index in [0.717, 1.165) is 22.7 Å². The van der Waals surface area contributed by atoms with E-state index in [9.17, 15) is 22.4 Å². The van der Waals surface area contributed by atoms with Gasteiger partial charge in [0.15, 0.2) is 0 Å². The lowest BCUT2D eigenvalue weighted by molar-refractivity contribution is -0.159. The molecule has 5 rings (SSSR count). The minimum absolute atomic E-state index is 0.219. The van der Waals surface area contributed by atoms with Gasteiger partial charge in [0, 0.05) is 47.5 Å². The van der Waals surface area contributed by atoms with Crippen molar-refractivity contribution in [3.05, 3.63) is 76.2 Å². The molecule has 0 bridgehead atoms. The van der Waals surface area contributed by atoms with E-state index in [-0.39, 0.29) is 29.0 Å². The third-order valence-corrected chi connectivity index (χ3v) is 6.31. The number of nitrogens with zero attached hydrogens (tertiary/aromatic N) is 4. The molecule has 6 nitrogen and oxygen atoms in total. The van der Waals surface area contributed by atoms with Crippen LogP contribution >= 0.6 is 11.3 Å². The van der Waals surface area contributed by atoms with Crippen molar-refractivity contribution in [2.24, 2.45) is 5.92 Å². The number of carbonyl (C=O) groups excluding carboxylic acids is 1. The Morgan fingerprint density at radius 2 is 1.85 bits per heavy atom. The van der Waals surface area contributed by atoms with Gasteiger partial charge < -0.3 is 9.42 Å². The van der Waals surface area contributed by atoms with Crippen LogP contribution in [0.4, 0.5) is 17.6 Å². The number of benzene rings is 2. The Balaban J connectivity index is 1.20. The average Bonchev–Trinajstić information content (AvgIpc) is 3.46. The molecule has 1 aliphatic heterocycles. The van der Waals surface area contributed by atoms with Gasteiger partial charge in [-0.25, -0.2) is 9.37 Å². The van der Waals surface area contributed by atoms with Gasteiger partial charge in [-0.3, -0.25) is 4.79 Å². The van der Waals surface area contributed by atoms with Crippen LogP contribution in [0.3, 0.4) is 0 Å². The van der Waals surface area contributed by atoms with Gasteiger partial charge in [0.05, 0.1) is 10.7 Å². The van der Waals surface area contributed by atoms with Crippen molar-refractivity contribution in [2.45, 2.75) is 12.6 Å². The van der Waals surface area contributed by atoms with Gasteiger partial charge in [0.2, 0.25) is 5.82 Å². The van der Waals surface area contributed by atoms with Crippen molar-refractivity contribution < 1.29 is 26.9 Å². The summed E-state index contributed by atoms with van der Waals surface area (Å²) in [5.41, 5.74) is 2.23. The Morgan fingerprint density at radius 3 is 2.56 bits per heavy atom. The van der Waals surface area contributed by atoms with Crippen molar-refractivity contribution in [3.8, 4) is 22.6 Å². The second-order valence-electron chi connectivity index (χ2n) is 7.92. The predicted octanol–water partition coefficient (Wildman–Crippen LogP) is 5.33. The number of carbonyl (C=O) groups is 1. The number of alkyl halides is 3. The van der Waals surface area contributed by atoms with E-state index in [2.05, 4.69) is 19.6 Å². The molecule has 1 fully saturated rings. The molecular weight excluding hydrogens is 472 g/mol. The summed E-state index contributed by atoms with van der Waals surface area (Å²) in [7, 11) is 0. The number of halogens is 4. The van der Waals surface area contributed by atoms with E-state index in [4.69, 9.17) is 0 Å². The molecule has 1 aliphatic rings. The van der Waals surface area contributed by atoms with Gasteiger partial charge in [0.1, 0.15) is 5.82 Å². The summed E-state index contributed by atoms with van der Waals surface area (Å²) in [6, 6.07) is 12.3. The normalized spacial score (nSPS) is 14.3. The van der Waals surface area contributed by atoms with Crippen molar-refractivity contribution >= 4 is 17.2 Å². The standard InChI is InChI=1S/C23H16F4N4O2S/c24-17-6-4-14(5-7-17)18-12-34-19(28-18)8-13-10-31(11-13)21(32)16-3-1-2-15(9-16)20-29-22(33-30-20)23(25,26)27/h1-7,9,12-13H,8,10-11H2. The first-order valence-electron chi connectivity index (χ1n) is 10.3. The van der Waals surface area contributed by atoms with Crippen LogP contribution < -0.4 is 0 Å². The van der Waals surface area contributed by atoms with Crippen LogP contribution in [0.5, 0.6) is 0 Å². The first kappa shape index (κ1) is 22.2. The molecule has 0 aliphatic carbocycles. The van der Waals surface area contributed by atoms with E-state index >= 15 is 0 Å². The smallest absolute Gasteiger partial charge is 0.338 e. The maximum atomic E-state index is 13.1. The highest BCUT2D eigenvalue weighted by Gasteiger charge is 2.38. The highest BCUT2D eigenvalue weighted by molar-refractivity contribution is 7.09. The number of amides is 1. The summed E-state index contributed by atoms with van der Waals surface area (Å²) in [6.45, 7) is 1.10. The third kappa shape index (κ3) is 4.56. The fourth-order valence-electron chi connectivity index (χ4n) is 3.70. The van der Waals surface area contributed by atoms with Gasteiger partial charge in [-0.15, -0.1) is 11.3 Å². The van der Waals surface area contributed by atoms with Gasteiger partial charge >= 0.3 is 12.1 Å². The second-order valence-corrected chi connectivity index (χ2v) is 8.86. The molecule has 0 spiro atoms. The molecule has 0 unspecified atom stereocenters. The van der Waals surface area contributed by atoms with Gasteiger partial charge in [-0.1, -0.05) is 17.3 Å². The van der Waals surface area contributed by atoms with Crippen LogP contribution in [0.15, 0.2) is 58.4 Å². The van der Waals surface area contributed by atoms with E-state index in [0.29, 0.717) is 18.7 Å². The molecule has 1 amide bonds. The topological polar surface area (TPSA) is 72.1 Å². The minimum Gasteiger partial charge on any atom is -0.338 e. The zero-order valence-electron chi connectivity index (χ0n) is 17.4. The zero-order chi connectivity index (χ0) is 23.9. The number of thiazole rings is 1. The maximum Gasteiger partial charge on any atom is 0.471 e. The summed E-state index contributed by atoms with van der Waals surface area (Å²) in [5, 5.41) is 6.23. The minimum atomic E-state index is -4.73. The van der Waals surface area contributed by atoms with Crippen molar-refractivity contribution in [1.29, 1.82) is 0 Å². The molecule has 11 heteroatoms. The molecule has 4 aromatic rings. The molecule has 1 saturated heterocycles. The highest BCUT2D eigenvalue weighted by atomic mass is 32.1. The summed E-state index contributed by atoms with van der Waals surface area (Å²) in [4.78, 5) is 22.5. The zero-order valence-corrected chi connectivity index (χ0v) is 18.2. The molecular formula is C23H16F4N4O2S. The SMILES string of the molecule is O=C(c1cccc(-c2noc(C(F)(F)F)n2)c1)N1CC(Cc2nc(-c3ccc(F)cc3)cs2)C1. The van der Waals surface area contributed by atoms with Crippen LogP contribution in [-0.2, 0) is 12.6 Å². The first-order valence-corrected chi connectivity index (χ1v) is 11.2. The van der Waals surface area contributed by atoms with Crippen LogP contribution in [-0.4, -0.2) is 39.0 Å².